The van der Waals surface area contributed by atoms with E-state index in [1.165, 1.54) is 25.4 Å². The molecular weight excluding hydrogens is 315 g/mol. The van der Waals surface area contributed by atoms with Gasteiger partial charge in [0.2, 0.25) is 5.91 Å². The number of rotatable bonds is 4. The van der Waals surface area contributed by atoms with Gasteiger partial charge in [-0.3, -0.25) is 9.59 Å². The van der Waals surface area contributed by atoms with Crippen LogP contribution in [0.5, 0.6) is 5.75 Å². The zero-order valence-electron chi connectivity index (χ0n) is 11.9. The van der Waals surface area contributed by atoms with E-state index in [9.17, 15) is 22.8 Å². The van der Waals surface area contributed by atoms with E-state index in [1.807, 2.05) is 0 Å². The molecule has 1 aromatic heterocycles. The molecule has 0 radical (unpaired) electrons. The van der Waals surface area contributed by atoms with Gasteiger partial charge in [0.15, 0.2) is 0 Å². The van der Waals surface area contributed by atoms with Crippen LogP contribution in [-0.4, -0.2) is 22.8 Å². The summed E-state index contributed by atoms with van der Waals surface area (Å²) in [7, 11) is 1.27. The molecule has 23 heavy (non-hydrogen) atoms. The fraction of sp³-hybridized carbons (Fsp3) is 0.214. The van der Waals surface area contributed by atoms with E-state index in [-0.39, 0.29) is 11.4 Å². The highest BCUT2D eigenvalue weighted by molar-refractivity contribution is 5.92. The van der Waals surface area contributed by atoms with Gasteiger partial charge in [0.05, 0.1) is 18.4 Å². The monoisotopic (exact) mass is 327 g/mol. The van der Waals surface area contributed by atoms with Crippen molar-refractivity contribution in [3.05, 3.63) is 52.4 Å². The summed E-state index contributed by atoms with van der Waals surface area (Å²) >= 11 is 0. The van der Waals surface area contributed by atoms with Crippen molar-refractivity contribution in [3.63, 3.8) is 0 Å². The summed E-state index contributed by atoms with van der Waals surface area (Å²) in [5.41, 5.74) is -1.57. The highest BCUT2D eigenvalue weighted by atomic mass is 19.4. The first-order valence-corrected chi connectivity index (χ1v) is 6.38. The fourth-order valence-electron chi connectivity index (χ4n) is 1.81. The van der Waals surface area contributed by atoms with Crippen LogP contribution in [0.1, 0.15) is 5.56 Å². The average Bonchev–Trinajstić information content (AvgIpc) is 2.48. The van der Waals surface area contributed by atoms with Crippen LogP contribution in [-0.2, 0) is 17.5 Å². The first-order chi connectivity index (χ1) is 10.8. The second-order valence-electron chi connectivity index (χ2n) is 4.48. The third-order valence-corrected chi connectivity index (χ3v) is 2.88. The third kappa shape index (κ3) is 4.09. The number of carbonyl (C=O) groups excluding carboxylic acids is 1. The lowest BCUT2D eigenvalue weighted by molar-refractivity contribution is -0.137. The van der Waals surface area contributed by atoms with E-state index < -0.39 is 29.8 Å². The van der Waals surface area contributed by atoms with Gasteiger partial charge in [-0.05, 0) is 24.3 Å². The minimum Gasteiger partial charge on any atom is -0.495 e. The quantitative estimate of drug-likeness (QED) is 0.931. The molecule has 0 aliphatic carbocycles. The van der Waals surface area contributed by atoms with E-state index in [2.05, 4.69) is 10.4 Å². The van der Waals surface area contributed by atoms with Crippen LogP contribution in [0.25, 0.3) is 0 Å². The van der Waals surface area contributed by atoms with Gasteiger partial charge in [0.1, 0.15) is 12.3 Å². The van der Waals surface area contributed by atoms with E-state index >= 15 is 0 Å². The Morgan fingerprint density at radius 3 is 2.70 bits per heavy atom. The number of nitrogens with zero attached hydrogens (tertiary/aromatic N) is 2. The predicted octanol–water partition coefficient (Wildman–Crippen LogP) is 1.91. The van der Waals surface area contributed by atoms with E-state index in [4.69, 9.17) is 4.74 Å². The minimum absolute atomic E-state index is 0.0692. The molecule has 0 spiro atoms. The summed E-state index contributed by atoms with van der Waals surface area (Å²) in [6.07, 6.45) is -3.23. The van der Waals surface area contributed by atoms with Crippen molar-refractivity contribution in [3.8, 4) is 5.75 Å². The number of nitrogens with one attached hydrogen (secondary N) is 1. The zero-order valence-corrected chi connectivity index (χ0v) is 11.9. The van der Waals surface area contributed by atoms with Crippen LogP contribution in [0.3, 0.4) is 0 Å². The number of anilines is 1. The van der Waals surface area contributed by atoms with E-state index in [0.29, 0.717) is 0 Å². The van der Waals surface area contributed by atoms with Crippen molar-refractivity contribution in [2.24, 2.45) is 0 Å². The summed E-state index contributed by atoms with van der Waals surface area (Å²) < 4.78 is 44.0. The Kier molecular flexibility index (Phi) is 4.68. The molecule has 0 unspecified atom stereocenters. The van der Waals surface area contributed by atoms with Crippen molar-refractivity contribution in [2.75, 3.05) is 12.4 Å². The molecule has 6 nitrogen and oxygen atoms in total. The number of hydrogen-bond acceptors (Lipinski definition) is 4. The molecule has 0 saturated heterocycles. The molecule has 0 bridgehead atoms. The van der Waals surface area contributed by atoms with Gasteiger partial charge >= 0.3 is 6.18 Å². The smallest absolute Gasteiger partial charge is 0.416 e. The molecular formula is C14H12F3N3O3. The highest BCUT2D eigenvalue weighted by Crippen LogP contribution is 2.34. The van der Waals surface area contributed by atoms with Crippen molar-refractivity contribution in [1.29, 1.82) is 0 Å². The Bertz CT molecular complexity index is 772. The number of benzene rings is 1. The second kappa shape index (κ2) is 6.51. The Hall–Kier alpha value is -2.84. The Labute approximate surface area is 128 Å². The topological polar surface area (TPSA) is 73.2 Å². The zero-order chi connectivity index (χ0) is 17.0. The SMILES string of the molecule is COc1ccc(C(F)(F)F)cc1NC(=O)Cn1ncccc1=O. The molecule has 1 heterocycles. The van der Waals surface area contributed by atoms with Crippen LogP contribution >= 0.6 is 0 Å². The van der Waals surface area contributed by atoms with E-state index in [0.717, 1.165) is 22.9 Å². The third-order valence-electron chi connectivity index (χ3n) is 2.88. The highest BCUT2D eigenvalue weighted by Gasteiger charge is 2.31. The molecule has 0 aliphatic rings. The van der Waals surface area contributed by atoms with Gasteiger partial charge in [-0.2, -0.15) is 18.3 Å². The molecule has 1 aromatic carbocycles. The molecule has 9 heteroatoms. The fourth-order valence-corrected chi connectivity index (χ4v) is 1.81. The lowest BCUT2D eigenvalue weighted by Gasteiger charge is -2.13. The van der Waals surface area contributed by atoms with Crippen molar-refractivity contribution >= 4 is 11.6 Å². The number of alkyl halides is 3. The lowest BCUT2D eigenvalue weighted by Crippen LogP contribution is -2.28. The molecule has 0 fully saturated rings. The largest absolute Gasteiger partial charge is 0.495 e. The molecule has 0 aliphatic heterocycles. The number of amides is 1. The first kappa shape index (κ1) is 16.5. The van der Waals surface area contributed by atoms with Gasteiger partial charge in [-0.25, -0.2) is 4.68 Å². The van der Waals surface area contributed by atoms with Crippen molar-refractivity contribution < 1.29 is 22.7 Å². The second-order valence-corrected chi connectivity index (χ2v) is 4.48. The maximum absolute atomic E-state index is 12.7. The summed E-state index contributed by atoms with van der Waals surface area (Å²) in [6, 6.07) is 5.33. The molecule has 122 valence electrons. The van der Waals surface area contributed by atoms with Gasteiger partial charge in [0, 0.05) is 12.3 Å². The lowest BCUT2D eigenvalue weighted by atomic mass is 10.1. The first-order valence-electron chi connectivity index (χ1n) is 6.38. The van der Waals surface area contributed by atoms with Crippen LogP contribution in [0.15, 0.2) is 41.3 Å². The van der Waals surface area contributed by atoms with Crippen molar-refractivity contribution in [2.45, 2.75) is 12.7 Å². The van der Waals surface area contributed by atoms with Crippen LogP contribution < -0.4 is 15.6 Å². The molecule has 0 atom stereocenters. The number of carbonyl (C=O) groups is 1. The summed E-state index contributed by atoms with van der Waals surface area (Å²) in [5, 5.41) is 5.98. The summed E-state index contributed by atoms with van der Waals surface area (Å²) in [5.74, 6) is -0.636. The molecule has 1 N–H and O–H groups in total. The van der Waals surface area contributed by atoms with Crippen molar-refractivity contribution in [1.82, 2.24) is 9.78 Å². The number of methoxy groups -OCH3 is 1. The van der Waals surface area contributed by atoms with Gasteiger partial charge in [0.25, 0.3) is 5.56 Å². The number of halogens is 3. The standard InChI is InChI=1S/C14H12F3N3O3/c1-23-11-5-4-9(14(15,16)17)7-10(11)19-12(21)8-20-13(22)3-2-6-18-20/h2-7H,8H2,1H3,(H,19,21). The number of hydrogen-bond donors (Lipinski definition) is 1. The average molecular weight is 327 g/mol. The van der Waals surface area contributed by atoms with Crippen LogP contribution in [0.2, 0.25) is 0 Å². The summed E-state index contributed by atoms with van der Waals surface area (Å²) in [4.78, 5) is 23.4. The molecule has 1 amide bonds. The maximum atomic E-state index is 12.7. The van der Waals surface area contributed by atoms with Gasteiger partial charge in [-0.1, -0.05) is 0 Å². The number of ether oxygens (including phenoxy) is 1. The number of aromatic nitrogens is 2. The predicted molar refractivity (Wildman–Crippen MR) is 75.1 cm³/mol. The van der Waals surface area contributed by atoms with Crippen LogP contribution in [0, 0.1) is 0 Å². The Balaban J connectivity index is 2.23. The Morgan fingerprint density at radius 1 is 1.35 bits per heavy atom. The van der Waals surface area contributed by atoms with Gasteiger partial charge < -0.3 is 10.1 Å². The van der Waals surface area contributed by atoms with E-state index in [1.54, 1.807) is 0 Å². The molecule has 2 aromatic rings. The summed E-state index contributed by atoms with van der Waals surface area (Å²) in [6.45, 7) is -0.431. The normalized spacial score (nSPS) is 11.1. The van der Waals surface area contributed by atoms with Gasteiger partial charge in [-0.15, -0.1) is 0 Å². The minimum atomic E-state index is -4.55. The molecule has 0 saturated carbocycles. The van der Waals surface area contributed by atoms with Crippen LogP contribution in [0.4, 0.5) is 18.9 Å². The maximum Gasteiger partial charge on any atom is 0.416 e. The molecule has 2 rings (SSSR count). The Morgan fingerprint density at radius 2 is 2.09 bits per heavy atom.